The number of hydrogen-bond acceptors (Lipinski definition) is 5. The van der Waals surface area contributed by atoms with Gasteiger partial charge in [-0.3, -0.25) is 4.79 Å². The molecule has 0 saturated heterocycles. The topological polar surface area (TPSA) is 88.2 Å². The zero-order chi connectivity index (χ0) is 13.0. The van der Waals surface area contributed by atoms with Gasteiger partial charge in [-0.15, -0.1) is 0 Å². The smallest absolute Gasteiger partial charge is 0.246 e. The van der Waals surface area contributed by atoms with Crippen molar-refractivity contribution in [3.63, 3.8) is 0 Å². The van der Waals surface area contributed by atoms with E-state index in [-0.39, 0.29) is 24.6 Å². The Hall–Kier alpha value is -2.37. The van der Waals surface area contributed by atoms with Crippen molar-refractivity contribution in [3.05, 3.63) is 41.5 Å². The molecular formula is C12H13N3O3. The number of aromatic nitrogens is 2. The van der Waals surface area contributed by atoms with E-state index in [9.17, 15) is 9.90 Å². The zero-order valence-corrected chi connectivity index (χ0v) is 9.88. The minimum Gasteiger partial charge on any atom is -0.508 e. The molecule has 94 valence electrons. The number of phenols is 1. The summed E-state index contributed by atoms with van der Waals surface area (Å²) in [7, 11) is 0. The van der Waals surface area contributed by atoms with E-state index in [2.05, 4.69) is 15.5 Å². The number of nitrogens with zero attached hydrogens (tertiary/aromatic N) is 2. The number of hydrogen-bond donors (Lipinski definition) is 2. The predicted octanol–water partition coefficient (Wildman–Crippen LogP) is 0.943. The summed E-state index contributed by atoms with van der Waals surface area (Å²) in [6.07, 6.45) is 0.111. The molecule has 1 aromatic heterocycles. The van der Waals surface area contributed by atoms with Crippen molar-refractivity contribution in [2.24, 2.45) is 0 Å². The summed E-state index contributed by atoms with van der Waals surface area (Å²) in [6, 6.07) is 6.72. The first-order valence-corrected chi connectivity index (χ1v) is 5.48. The standard InChI is InChI=1S/C12H13N3O3/c1-8-14-12(18-15-8)7-13-11(17)6-9-4-2-3-5-10(9)16/h2-5,16H,6-7H2,1H3,(H,13,17). The Balaban J connectivity index is 1.88. The monoisotopic (exact) mass is 247 g/mol. The maximum absolute atomic E-state index is 11.6. The summed E-state index contributed by atoms with van der Waals surface area (Å²) in [6.45, 7) is 1.89. The van der Waals surface area contributed by atoms with E-state index in [4.69, 9.17) is 4.52 Å². The molecule has 0 fully saturated rings. The van der Waals surface area contributed by atoms with Gasteiger partial charge in [-0.2, -0.15) is 4.98 Å². The average molecular weight is 247 g/mol. The van der Waals surface area contributed by atoms with Crippen LogP contribution in [0.4, 0.5) is 0 Å². The molecule has 2 aromatic rings. The number of nitrogens with one attached hydrogen (secondary N) is 1. The molecule has 1 aromatic carbocycles. The highest BCUT2D eigenvalue weighted by molar-refractivity contribution is 5.79. The van der Waals surface area contributed by atoms with Crippen LogP contribution in [0.25, 0.3) is 0 Å². The molecule has 0 aliphatic carbocycles. The third-order valence-corrected chi connectivity index (χ3v) is 2.35. The van der Waals surface area contributed by atoms with Crippen LogP contribution in [0, 0.1) is 6.92 Å². The van der Waals surface area contributed by atoms with E-state index < -0.39 is 0 Å². The second-order valence-corrected chi connectivity index (χ2v) is 3.82. The Morgan fingerprint density at radius 3 is 2.89 bits per heavy atom. The largest absolute Gasteiger partial charge is 0.508 e. The summed E-state index contributed by atoms with van der Waals surface area (Å²) in [5.74, 6) is 0.784. The second-order valence-electron chi connectivity index (χ2n) is 3.82. The van der Waals surface area contributed by atoms with Crippen molar-refractivity contribution < 1.29 is 14.4 Å². The van der Waals surface area contributed by atoms with Crippen molar-refractivity contribution in [1.82, 2.24) is 15.5 Å². The van der Waals surface area contributed by atoms with Crippen LogP contribution in [-0.2, 0) is 17.8 Å². The van der Waals surface area contributed by atoms with Gasteiger partial charge in [0.2, 0.25) is 11.8 Å². The van der Waals surface area contributed by atoms with E-state index in [1.165, 1.54) is 0 Å². The summed E-state index contributed by atoms with van der Waals surface area (Å²) in [4.78, 5) is 15.6. The molecule has 6 nitrogen and oxygen atoms in total. The number of para-hydroxylation sites is 1. The van der Waals surface area contributed by atoms with Crippen LogP contribution in [0.5, 0.6) is 5.75 Å². The Kier molecular flexibility index (Phi) is 3.57. The lowest BCUT2D eigenvalue weighted by Gasteiger charge is -2.04. The first-order valence-electron chi connectivity index (χ1n) is 5.48. The third-order valence-electron chi connectivity index (χ3n) is 2.35. The van der Waals surface area contributed by atoms with Crippen molar-refractivity contribution in [1.29, 1.82) is 0 Å². The molecule has 0 saturated carbocycles. The molecule has 0 atom stereocenters. The van der Waals surface area contributed by atoms with Gasteiger partial charge in [0, 0.05) is 5.56 Å². The SMILES string of the molecule is Cc1noc(CNC(=O)Cc2ccccc2O)n1. The van der Waals surface area contributed by atoms with Gasteiger partial charge in [0.1, 0.15) is 5.75 Å². The van der Waals surface area contributed by atoms with Gasteiger partial charge in [0.25, 0.3) is 0 Å². The van der Waals surface area contributed by atoms with Gasteiger partial charge in [0.05, 0.1) is 13.0 Å². The quantitative estimate of drug-likeness (QED) is 0.839. The van der Waals surface area contributed by atoms with Crippen molar-refractivity contribution in [3.8, 4) is 5.75 Å². The molecule has 0 unspecified atom stereocenters. The van der Waals surface area contributed by atoms with E-state index >= 15 is 0 Å². The minimum atomic E-state index is -0.215. The van der Waals surface area contributed by atoms with Crippen LogP contribution >= 0.6 is 0 Å². The summed E-state index contributed by atoms with van der Waals surface area (Å²) in [5.41, 5.74) is 0.580. The molecule has 0 radical (unpaired) electrons. The molecule has 2 rings (SSSR count). The number of benzene rings is 1. The Labute approximate surface area is 104 Å². The van der Waals surface area contributed by atoms with Crippen LogP contribution in [0.3, 0.4) is 0 Å². The lowest BCUT2D eigenvalue weighted by molar-refractivity contribution is -0.120. The summed E-state index contributed by atoms with van der Waals surface area (Å²) < 4.78 is 4.86. The van der Waals surface area contributed by atoms with Gasteiger partial charge in [-0.05, 0) is 13.0 Å². The molecular weight excluding hydrogens is 234 g/mol. The Morgan fingerprint density at radius 2 is 2.22 bits per heavy atom. The van der Waals surface area contributed by atoms with Crippen molar-refractivity contribution in [2.45, 2.75) is 19.9 Å². The lowest BCUT2D eigenvalue weighted by Crippen LogP contribution is -2.24. The molecule has 0 aliphatic rings. The molecule has 0 spiro atoms. The van der Waals surface area contributed by atoms with Crippen LogP contribution in [0.15, 0.2) is 28.8 Å². The minimum absolute atomic E-state index is 0.111. The van der Waals surface area contributed by atoms with Crippen LogP contribution in [0.1, 0.15) is 17.3 Å². The fourth-order valence-corrected chi connectivity index (χ4v) is 1.48. The number of carbonyl (C=O) groups is 1. The molecule has 2 N–H and O–H groups in total. The van der Waals surface area contributed by atoms with Crippen LogP contribution in [-0.4, -0.2) is 21.2 Å². The third kappa shape index (κ3) is 3.07. The van der Waals surface area contributed by atoms with Crippen LogP contribution in [0.2, 0.25) is 0 Å². The Bertz CT molecular complexity index is 551. The fraction of sp³-hybridized carbons (Fsp3) is 0.250. The number of amides is 1. The van der Waals surface area contributed by atoms with Gasteiger partial charge in [-0.25, -0.2) is 0 Å². The fourth-order valence-electron chi connectivity index (χ4n) is 1.48. The number of rotatable bonds is 4. The van der Waals surface area contributed by atoms with Crippen molar-refractivity contribution in [2.75, 3.05) is 0 Å². The van der Waals surface area contributed by atoms with E-state index in [0.717, 1.165) is 0 Å². The average Bonchev–Trinajstić information content (AvgIpc) is 2.76. The van der Waals surface area contributed by atoms with E-state index in [1.807, 2.05) is 0 Å². The maximum atomic E-state index is 11.6. The molecule has 18 heavy (non-hydrogen) atoms. The maximum Gasteiger partial charge on any atom is 0.246 e. The van der Waals surface area contributed by atoms with E-state index in [0.29, 0.717) is 17.3 Å². The van der Waals surface area contributed by atoms with Crippen molar-refractivity contribution >= 4 is 5.91 Å². The van der Waals surface area contributed by atoms with E-state index in [1.54, 1.807) is 31.2 Å². The molecule has 1 amide bonds. The molecule has 0 aliphatic heterocycles. The van der Waals surface area contributed by atoms with Gasteiger partial charge in [0.15, 0.2) is 5.82 Å². The number of phenolic OH excluding ortho intramolecular Hbond substituents is 1. The summed E-state index contributed by atoms with van der Waals surface area (Å²) in [5, 5.41) is 15.8. The number of aromatic hydroxyl groups is 1. The Morgan fingerprint density at radius 1 is 1.44 bits per heavy atom. The normalized spacial score (nSPS) is 10.3. The highest BCUT2D eigenvalue weighted by Gasteiger charge is 2.08. The summed E-state index contributed by atoms with van der Waals surface area (Å²) >= 11 is 0. The second kappa shape index (κ2) is 5.31. The first-order chi connectivity index (χ1) is 8.65. The molecule has 6 heteroatoms. The lowest BCUT2D eigenvalue weighted by atomic mass is 10.1. The van der Waals surface area contributed by atoms with Crippen LogP contribution < -0.4 is 5.32 Å². The van der Waals surface area contributed by atoms with Gasteiger partial charge < -0.3 is 14.9 Å². The molecule has 0 bridgehead atoms. The number of carbonyl (C=O) groups excluding carboxylic acids is 1. The zero-order valence-electron chi connectivity index (χ0n) is 9.88. The highest BCUT2D eigenvalue weighted by atomic mass is 16.5. The number of aryl methyl sites for hydroxylation is 1. The predicted molar refractivity (Wildman–Crippen MR) is 62.7 cm³/mol. The highest BCUT2D eigenvalue weighted by Crippen LogP contribution is 2.15. The first kappa shape index (κ1) is 12.1. The van der Waals surface area contributed by atoms with Gasteiger partial charge >= 0.3 is 0 Å². The van der Waals surface area contributed by atoms with Gasteiger partial charge in [-0.1, -0.05) is 23.4 Å². The molecule has 1 heterocycles.